The van der Waals surface area contributed by atoms with Gasteiger partial charge in [0.1, 0.15) is 11.5 Å². The second-order valence-corrected chi connectivity index (χ2v) is 8.85. The van der Waals surface area contributed by atoms with Gasteiger partial charge in [0.05, 0.1) is 10.6 Å². The van der Waals surface area contributed by atoms with E-state index in [2.05, 4.69) is 14.8 Å². The van der Waals surface area contributed by atoms with E-state index in [4.69, 9.17) is 0 Å². The van der Waals surface area contributed by atoms with Crippen molar-refractivity contribution in [2.45, 2.75) is 18.7 Å². The fourth-order valence-electron chi connectivity index (χ4n) is 3.38. The summed E-state index contributed by atoms with van der Waals surface area (Å²) in [5, 5.41) is 5.42. The van der Waals surface area contributed by atoms with Gasteiger partial charge >= 0.3 is 0 Å². The Morgan fingerprint density at radius 1 is 1.10 bits per heavy atom. The summed E-state index contributed by atoms with van der Waals surface area (Å²) in [5.41, 5.74) is 3.07. The minimum absolute atomic E-state index is 0.0305. The number of sulfonamides is 1. The van der Waals surface area contributed by atoms with Gasteiger partial charge in [0, 0.05) is 36.5 Å². The largest absolute Gasteiger partial charge is 0.285 e. The molecular formula is C22H21N5O3S. The molecule has 0 atom stereocenters. The van der Waals surface area contributed by atoms with Gasteiger partial charge in [-0.1, -0.05) is 17.7 Å². The third kappa shape index (κ3) is 3.99. The molecule has 4 aromatic rings. The van der Waals surface area contributed by atoms with Gasteiger partial charge in [-0.25, -0.2) is 18.1 Å². The van der Waals surface area contributed by atoms with Crippen molar-refractivity contribution in [3.63, 3.8) is 0 Å². The lowest BCUT2D eigenvalue weighted by atomic mass is 10.2. The monoisotopic (exact) mass is 435 g/mol. The molecule has 31 heavy (non-hydrogen) atoms. The van der Waals surface area contributed by atoms with Gasteiger partial charge in [0.15, 0.2) is 0 Å². The Kier molecular flexibility index (Phi) is 5.20. The summed E-state index contributed by atoms with van der Waals surface area (Å²) < 4.78 is 30.5. The van der Waals surface area contributed by atoms with Crippen LogP contribution in [-0.2, 0) is 21.9 Å². The van der Waals surface area contributed by atoms with E-state index < -0.39 is 15.9 Å². The van der Waals surface area contributed by atoms with Crippen molar-refractivity contribution in [2.75, 3.05) is 0 Å². The lowest BCUT2D eigenvalue weighted by molar-refractivity contribution is -0.114. The summed E-state index contributed by atoms with van der Waals surface area (Å²) in [4.78, 5) is 16.8. The molecule has 3 aromatic heterocycles. The average molecular weight is 436 g/mol. The smallest absolute Gasteiger partial charge is 0.264 e. The maximum Gasteiger partial charge on any atom is 0.264 e. The first kappa shape index (κ1) is 20.5. The number of carbonyl (C=O) groups is 1. The molecule has 0 fully saturated rings. The van der Waals surface area contributed by atoms with Gasteiger partial charge in [-0.2, -0.15) is 5.10 Å². The Bertz CT molecular complexity index is 1410. The van der Waals surface area contributed by atoms with Crippen LogP contribution in [0.3, 0.4) is 0 Å². The molecule has 3 heterocycles. The first-order valence-electron chi connectivity index (χ1n) is 9.54. The Morgan fingerprint density at radius 3 is 2.58 bits per heavy atom. The second kappa shape index (κ2) is 7.84. The molecule has 0 unspecified atom stereocenters. The molecule has 1 aromatic carbocycles. The number of fused-ring (bicyclic) bond motifs is 1. The van der Waals surface area contributed by atoms with Crippen molar-refractivity contribution in [1.82, 2.24) is 24.1 Å². The number of hydrogen-bond acceptors (Lipinski definition) is 5. The molecule has 0 aliphatic carbocycles. The van der Waals surface area contributed by atoms with Crippen molar-refractivity contribution >= 4 is 33.0 Å². The van der Waals surface area contributed by atoms with Gasteiger partial charge in [0.25, 0.3) is 15.9 Å². The third-order valence-electron chi connectivity index (χ3n) is 4.88. The van der Waals surface area contributed by atoms with Crippen LogP contribution in [0, 0.1) is 13.8 Å². The van der Waals surface area contributed by atoms with Crippen LogP contribution < -0.4 is 4.72 Å². The molecule has 9 heteroatoms. The summed E-state index contributed by atoms with van der Waals surface area (Å²) in [6.45, 7) is 3.68. The van der Waals surface area contributed by atoms with E-state index in [1.54, 1.807) is 36.1 Å². The standard InChI is InChI=1S/C22H21N5O3S/c1-15-6-8-18(9-7-15)31(29,30)25-20(28)11-10-19-16(2)24-26(3)22(19)27-14-12-17-5-4-13-23-21(17)27/h4-14H,1-3H3,(H,25,28). The van der Waals surface area contributed by atoms with E-state index in [1.807, 2.05) is 42.8 Å². The number of hydrogen-bond donors (Lipinski definition) is 1. The van der Waals surface area contributed by atoms with Crippen LogP contribution in [-0.4, -0.2) is 33.7 Å². The van der Waals surface area contributed by atoms with Crippen molar-refractivity contribution < 1.29 is 13.2 Å². The molecular weight excluding hydrogens is 414 g/mol. The third-order valence-corrected chi connectivity index (χ3v) is 6.24. The van der Waals surface area contributed by atoms with Gasteiger partial charge in [0.2, 0.25) is 0 Å². The summed E-state index contributed by atoms with van der Waals surface area (Å²) in [6, 6.07) is 12.0. The Hall–Kier alpha value is -3.72. The number of nitrogens with zero attached hydrogens (tertiary/aromatic N) is 4. The van der Waals surface area contributed by atoms with Crippen LogP contribution in [0.1, 0.15) is 16.8 Å². The number of amides is 1. The number of nitrogens with one attached hydrogen (secondary N) is 1. The zero-order valence-electron chi connectivity index (χ0n) is 17.3. The fourth-order valence-corrected chi connectivity index (χ4v) is 4.33. The Labute approximate surface area is 179 Å². The van der Waals surface area contributed by atoms with Crippen molar-refractivity contribution in [3.8, 4) is 5.82 Å². The number of benzene rings is 1. The van der Waals surface area contributed by atoms with Gasteiger partial charge < -0.3 is 0 Å². The number of carbonyl (C=O) groups excluding carboxylic acids is 1. The maximum atomic E-state index is 12.4. The normalized spacial score (nSPS) is 12.0. The lowest BCUT2D eigenvalue weighted by Crippen LogP contribution is -2.28. The quantitative estimate of drug-likeness (QED) is 0.486. The molecule has 0 saturated heterocycles. The Balaban J connectivity index is 1.64. The Morgan fingerprint density at radius 2 is 1.84 bits per heavy atom. The molecule has 0 radical (unpaired) electrons. The van der Waals surface area contributed by atoms with Crippen LogP contribution in [0.5, 0.6) is 0 Å². The van der Waals surface area contributed by atoms with E-state index in [9.17, 15) is 13.2 Å². The average Bonchev–Trinajstić information content (AvgIpc) is 3.26. The van der Waals surface area contributed by atoms with E-state index in [-0.39, 0.29) is 4.90 Å². The molecule has 4 rings (SSSR count). The highest BCUT2D eigenvalue weighted by molar-refractivity contribution is 7.90. The van der Waals surface area contributed by atoms with Crippen molar-refractivity contribution in [3.05, 3.63) is 77.8 Å². The zero-order chi connectivity index (χ0) is 22.2. The summed E-state index contributed by atoms with van der Waals surface area (Å²) in [6.07, 6.45) is 6.35. The van der Waals surface area contributed by atoms with E-state index >= 15 is 0 Å². The fraction of sp³-hybridized carbons (Fsp3) is 0.136. The van der Waals surface area contributed by atoms with Gasteiger partial charge in [-0.3, -0.25) is 14.0 Å². The molecule has 0 bridgehead atoms. The summed E-state index contributed by atoms with van der Waals surface area (Å²) >= 11 is 0. The van der Waals surface area contributed by atoms with Crippen LogP contribution >= 0.6 is 0 Å². The van der Waals surface area contributed by atoms with E-state index in [0.29, 0.717) is 11.3 Å². The van der Waals surface area contributed by atoms with Gasteiger partial charge in [-0.15, -0.1) is 0 Å². The molecule has 0 aliphatic rings. The first-order valence-corrected chi connectivity index (χ1v) is 11.0. The van der Waals surface area contributed by atoms with Crippen LogP contribution in [0.15, 0.2) is 65.8 Å². The zero-order valence-corrected chi connectivity index (χ0v) is 18.1. The number of aryl methyl sites for hydroxylation is 3. The number of pyridine rings is 1. The highest BCUT2D eigenvalue weighted by atomic mass is 32.2. The van der Waals surface area contributed by atoms with E-state index in [1.165, 1.54) is 18.2 Å². The molecule has 8 nitrogen and oxygen atoms in total. The SMILES string of the molecule is Cc1ccc(S(=O)(=O)NC(=O)C=Cc2c(C)nn(C)c2-n2ccc3cccnc32)cc1. The minimum Gasteiger partial charge on any atom is -0.285 e. The van der Waals surface area contributed by atoms with Crippen molar-refractivity contribution in [1.29, 1.82) is 0 Å². The van der Waals surface area contributed by atoms with E-state index in [0.717, 1.165) is 22.4 Å². The highest BCUT2D eigenvalue weighted by Gasteiger charge is 2.18. The van der Waals surface area contributed by atoms with Crippen LogP contribution in [0.2, 0.25) is 0 Å². The molecule has 158 valence electrons. The van der Waals surface area contributed by atoms with Crippen LogP contribution in [0.25, 0.3) is 22.9 Å². The number of rotatable bonds is 5. The second-order valence-electron chi connectivity index (χ2n) is 7.16. The molecule has 0 saturated carbocycles. The predicted octanol–water partition coefficient (Wildman–Crippen LogP) is 2.89. The molecule has 0 spiro atoms. The first-order chi connectivity index (χ1) is 14.8. The summed E-state index contributed by atoms with van der Waals surface area (Å²) in [5.74, 6) is -0.0260. The predicted molar refractivity (Wildman–Crippen MR) is 118 cm³/mol. The lowest BCUT2D eigenvalue weighted by Gasteiger charge is -2.07. The highest BCUT2D eigenvalue weighted by Crippen LogP contribution is 2.24. The minimum atomic E-state index is -3.95. The molecule has 1 amide bonds. The molecule has 0 aliphatic heterocycles. The van der Waals surface area contributed by atoms with Crippen molar-refractivity contribution in [2.24, 2.45) is 7.05 Å². The van der Waals surface area contributed by atoms with Gasteiger partial charge in [-0.05, 0) is 50.3 Å². The maximum absolute atomic E-state index is 12.4. The summed E-state index contributed by atoms with van der Waals surface area (Å²) in [7, 11) is -2.15. The number of aromatic nitrogens is 4. The topological polar surface area (TPSA) is 98.9 Å². The van der Waals surface area contributed by atoms with Crippen LogP contribution in [0.4, 0.5) is 0 Å². The molecule has 1 N–H and O–H groups in total.